The van der Waals surface area contributed by atoms with Crippen LogP contribution in [0.25, 0.3) is 0 Å². The molecule has 0 aliphatic carbocycles. The maximum Gasteiger partial charge on any atom is 0.177 e. The van der Waals surface area contributed by atoms with Gasteiger partial charge in [0, 0.05) is 0 Å². The number of aromatic nitrogens is 3. The van der Waals surface area contributed by atoms with Crippen LogP contribution < -0.4 is 0 Å². The van der Waals surface area contributed by atoms with Crippen LogP contribution in [0.2, 0.25) is 0 Å². The zero-order valence-corrected chi connectivity index (χ0v) is 8.13. The highest BCUT2D eigenvalue weighted by molar-refractivity contribution is 8.93. The maximum absolute atomic E-state index is 5.22. The van der Waals surface area contributed by atoms with E-state index < -0.39 is 0 Å². The first-order valence-electron chi connectivity index (χ1n) is 3.51. The third-order valence-corrected chi connectivity index (χ3v) is 1.49. The Labute approximate surface area is 80.5 Å². The third kappa shape index (κ3) is 2.26. The minimum atomic E-state index is -0.142. The molecular weight excluding hydrogens is 226 g/mol. The summed E-state index contributed by atoms with van der Waals surface area (Å²) in [5.74, 6) is 0. The van der Waals surface area contributed by atoms with Crippen LogP contribution >= 0.6 is 17.0 Å². The summed E-state index contributed by atoms with van der Waals surface area (Å²) in [6, 6.07) is 0. The lowest BCUT2D eigenvalue weighted by molar-refractivity contribution is -0.0546. The summed E-state index contributed by atoms with van der Waals surface area (Å²) in [7, 11) is 0. The molecule has 0 saturated carbocycles. The lowest BCUT2D eigenvalue weighted by atomic mass is 10.6. The van der Waals surface area contributed by atoms with Gasteiger partial charge in [0.25, 0.3) is 0 Å². The van der Waals surface area contributed by atoms with E-state index in [0.29, 0.717) is 19.8 Å². The molecule has 1 fully saturated rings. The quantitative estimate of drug-likeness (QED) is 0.737. The van der Waals surface area contributed by atoms with Gasteiger partial charge in [0.05, 0.1) is 19.8 Å². The Bertz CT molecular complexity index is 211. The summed E-state index contributed by atoms with van der Waals surface area (Å²) in [5, 5.41) is 3.93. The van der Waals surface area contributed by atoms with Crippen LogP contribution in [0.5, 0.6) is 0 Å². The van der Waals surface area contributed by atoms with Crippen molar-refractivity contribution in [2.75, 3.05) is 13.2 Å². The second-order valence-corrected chi connectivity index (χ2v) is 2.29. The highest BCUT2D eigenvalue weighted by Crippen LogP contribution is 2.04. The first-order valence-corrected chi connectivity index (χ1v) is 3.51. The van der Waals surface area contributed by atoms with Crippen LogP contribution in [0.15, 0.2) is 12.7 Å². The number of nitrogens with zero attached hydrogens (tertiary/aromatic N) is 3. The van der Waals surface area contributed by atoms with E-state index in [2.05, 4.69) is 10.1 Å². The minimum absolute atomic E-state index is 0. The Morgan fingerprint density at radius 1 is 1.42 bits per heavy atom. The fourth-order valence-corrected chi connectivity index (χ4v) is 0.992. The number of halogens is 1. The Kier molecular flexibility index (Phi) is 3.64. The van der Waals surface area contributed by atoms with Gasteiger partial charge in [0.1, 0.15) is 12.7 Å². The minimum Gasteiger partial charge on any atom is -0.348 e. The van der Waals surface area contributed by atoms with Crippen LogP contribution in [-0.4, -0.2) is 34.3 Å². The van der Waals surface area contributed by atoms with Crippen LogP contribution in [0, 0.1) is 0 Å². The maximum atomic E-state index is 5.22. The highest BCUT2D eigenvalue weighted by Gasteiger charge is 2.15. The zero-order chi connectivity index (χ0) is 7.52. The average Bonchev–Trinajstić information content (AvgIpc) is 2.60. The van der Waals surface area contributed by atoms with Crippen LogP contribution in [0.3, 0.4) is 0 Å². The van der Waals surface area contributed by atoms with Crippen LogP contribution in [-0.2, 0) is 16.0 Å². The van der Waals surface area contributed by atoms with Gasteiger partial charge in [-0.05, 0) is 0 Å². The molecule has 6 heteroatoms. The third-order valence-electron chi connectivity index (χ3n) is 1.49. The zero-order valence-electron chi connectivity index (χ0n) is 6.42. The first-order chi connectivity index (χ1) is 5.45. The molecule has 68 valence electrons. The number of ether oxygens (including phenoxy) is 2. The predicted molar refractivity (Wildman–Crippen MR) is 46.0 cm³/mol. The van der Waals surface area contributed by atoms with Gasteiger partial charge >= 0.3 is 0 Å². The summed E-state index contributed by atoms with van der Waals surface area (Å²) in [5.41, 5.74) is 0. The van der Waals surface area contributed by atoms with Gasteiger partial charge in [-0.1, -0.05) is 0 Å². The molecule has 1 aromatic heterocycles. The van der Waals surface area contributed by atoms with E-state index in [1.807, 2.05) is 0 Å². The number of hydrogen-bond donors (Lipinski definition) is 0. The Hall–Kier alpha value is -0.460. The van der Waals surface area contributed by atoms with E-state index >= 15 is 0 Å². The molecule has 0 spiro atoms. The van der Waals surface area contributed by atoms with Crippen molar-refractivity contribution in [2.45, 2.75) is 12.8 Å². The molecule has 0 bridgehead atoms. The molecule has 0 N–H and O–H groups in total. The number of hydrogen-bond acceptors (Lipinski definition) is 4. The lowest BCUT2D eigenvalue weighted by Crippen LogP contribution is -2.16. The molecule has 1 aromatic rings. The highest BCUT2D eigenvalue weighted by atomic mass is 79.9. The molecule has 12 heavy (non-hydrogen) atoms. The molecule has 0 atom stereocenters. The molecule has 2 rings (SSSR count). The average molecular weight is 236 g/mol. The largest absolute Gasteiger partial charge is 0.348 e. The fourth-order valence-electron chi connectivity index (χ4n) is 0.992. The second-order valence-electron chi connectivity index (χ2n) is 2.29. The summed E-state index contributed by atoms with van der Waals surface area (Å²) in [6.07, 6.45) is 3.00. The smallest absolute Gasteiger partial charge is 0.177 e. The van der Waals surface area contributed by atoms with Gasteiger partial charge in [-0.15, -0.1) is 17.0 Å². The Morgan fingerprint density at radius 3 is 2.75 bits per heavy atom. The molecule has 0 aromatic carbocycles. The fraction of sp³-hybridized carbons (Fsp3) is 0.667. The van der Waals surface area contributed by atoms with E-state index in [1.165, 1.54) is 6.33 Å². The first kappa shape index (κ1) is 9.63. The SMILES string of the molecule is Br.c1ncn(CC2OCCO2)n1. The summed E-state index contributed by atoms with van der Waals surface area (Å²) in [6.45, 7) is 1.98. The molecule has 5 nitrogen and oxygen atoms in total. The van der Waals surface area contributed by atoms with Crippen molar-refractivity contribution in [1.82, 2.24) is 14.8 Å². The van der Waals surface area contributed by atoms with Gasteiger partial charge in [0.2, 0.25) is 0 Å². The molecule has 0 radical (unpaired) electrons. The van der Waals surface area contributed by atoms with E-state index in [-0.39, 0.29) is 23.3 Å². The molecule has 1 aliphatic rings. The molecule has 1 saturated heterocycles. The van der Waals surface area contributed by atoms with E-state index in [0.717, 1.165) is 0 Å². The van der Waals surface area contributed by atoms with Crippen molar-refractivity contribution in [3.8, 4) is 0 Å². The Balaban J connectivity index is 0.000000720. The van der Waals surface area contributed by atoms with Crippen molar-refractivity contribution in [1.29, 1.82) is 0 Å². The summed E-state index contributed by atoms with van der Waals surface area (Å²) >= 11 is 0. The Morgan fingerprint density at radius 2 is 2.17 bits per heavy atom. The van der Waals surface area contributed by atoms with E-state index in [4.69, 9.17) is 9.47 Å². The van der Waals surface area contributed by atoms with Crippen molar-refractivity contribution >= 4 is 17.0 Å². The van der Waals surface area contributed by atoms with Crippen molar-refractivity contribution in [3.05, 3.63) is 12.7 Å². The number of rotatable bonds is 2. The van der Waals surface area contributed by atoms with Crippen LogP contribution in [0.1, 0.15) is 0 Å². The van der Waals surface area contributed by atoms with E-state index in [9.17, 15) is 0 Å². The van der Waals surface area contributed by atoms with Gasteiger partial charge < -0.3 is 9.47 Å². The van der Waals surface area contributed by atoms with Gasteiger partial charge in [-0.2, -0.15) is 5.10 Å². The molecule has 0 unspecified atom stereocenters. The van der Waals surface area contributed by atoms with E-state index in [1.54, 1.807) is 11.0 Å². The second kappa shape index (κ2) is 4.54. The monoisotopic (exact) mass is 235 g/mol. The standard InChI is InChI=1S/C6H9N3O2.BrH/c1-2-11-6(10-1)3-9-5-7-4-8-9;/h4-6H,1-3H2;1H. The molecule has 2 heterocycles. The van der Waals surface area contributed by atoms with Crippen molar-refractivity contribution in [2.24, 2.45) is 0 Å². The van der Waals surface area contributed by atoms with Crippen LogP contribution in [0.4, 0.5) is 0 Å². The predicted octanol–water partition coefficient (Wildman–Crippen LogP) is 0.229. The van der Waals surface area contributed by atoms with Crippen molar-refractivity contribution in [3.63, 3.8) is 0 Å². The normalized spacial score (nSPS) is 17.7. The molecule has 1 aliphatic heterocycles. The van der Waals surface area contributed by atoms with Gasteiger partial charge in [-0.3, -0.25) is 0 Å². The van der Waals surface area contributed by atoms with Gasteiger partial charge in [-0.25, -0.2) is 9.67 Å². The molecule has 0 amide bonds. The lowest BCUT2D eigenvalue weighted by Gasteiger charge is -2.06. The summed E-state index contributed by atoms with van der Waals surface area (Å²) in [4.78, 5) is 3.80. The summed E-state index contributed by atoms with van der Waals surface area (Å²) < 4.78 is 12.1. The molecular formula is C6H10BrN3O2. The topological polar surface area (TPSA) is 49.2 Å². The van der Waals surface area contributed by atoms with Crippen molar-refractivity contribution < 1.29 is 9.47 Å². The van der Waals surface area contributed by atoms with Gasteiger partial charge in [0.15, 0.2) is 6.29 Å².